The molecule has 0 radical (unpaired) electrons. The molecule has 92 valence electrons. The summed E-state index contributed by atoms with van der Waals surface area (Å²) < 4.78 is 13.6. The number of nitrogens with two attached hydrogens (primary N) is 1. The summed E-state index contributed by atoms with van der Waals surface area (Å²) in [5.41, 5.74) is 7.35. The first kappa shape index (κ1) is 12.4. The summed E-state index contributed by atoms with van der Waals surface area (Å²) in [6.07, 6.45) is 0. The summed E-state index contributed by atoms with van der Waals surface area (Å²) >= 11 is 4.95. The highest BCUT2D eigenvalue weighted by molar-refractivity contribution is 7.80. The van der Waals surface area contributed by atoms with Gasteiger partial charge in [-0.3, -0.25) is 0 Å². The highest BCUT2D eigenvalue weighted by Crippen LogP contribution is 2.21. The lowest BCUT2D eigenvalue weighted by atomic mass is 10.2. The molecular formula is C13H12FN3S. The van der Waals surface area contributed by atoms with Crippen LogP contribution in [0.3, 0.4) is 0 Å². The lowest BCUT2D eigenvalue weighted by Crippen LogP contribution is -2.13. The summed E-state index contributed by atoms with van der Waals surface area (Å²) in [5.74, 6) is 0.113. The van der Waals surface area contributed by atoms with E-state index in [4.69, 9.17) is 18.0 Å². The van der Waals surface area contributed by atoms with Crippen molar-refractivity contribution in [2.45, 2.75) is 6.92 Å². The van der Waals surface area contributed by atoms with Crippen molar-refractivity contribution in [1.82, 2.24) is 4.98 Å². The molecule has 0 bridgehead atoms. The zero-order valence-corrected chi connectivity index (χ0v) is 10.6. The zero-order valence-electron chi connectivity index (χ0n) is 9.77. The number of aromatic nitrogens is 1. The van der Waals surface area contributed by atoms with Crippen molar-refractivity contribution in [3.63, 3.8) is 0 Å². The van der Waals surface area contributed by atoms with Crippen molar-refractivity contribution in [3.05, 3.63) is 53.5 Å². The Morgan fingerprint density at radius 2 is 2.00 bits per heavy atom. The fraction of sp³-hybridized carbons (Fsp3) is 0.0769. The molecule has 0 atom stereocenters. The molecule has 1 aromatic carbocycles. The molecule has 0 aliphatic rings. The Bertz CT molecular complexity index is 599. The van der Waals surface area contributed by atoms with E-state index in [9.17, 15) is 4.39 Å². The van der Waals surface area contributed by atoms with Crippen LogP contribution in [-0.4, -0.2) is 9.97 Å². The largest absolute Gasteiger partial charge is 0.389 e. The number of nitrogens with one attached hydrogen (secondary N) is 1. The van der Waals surface area contributed by atoms with Gasteiger partial charge in [-0.2, -0.15) is 0 Å². The van der Waals surface area contributed by atoms with E-state index >= 15 is 0 Å². The number of thiocarbonyl (C=S) groups is 1. The Kier molecular flexibility index (Phi) is 3.53. The molecule has 3 N–H and O–H groups in total. The van der Waals surface area contributed by atoms with Crippen LogP contribution in [0.4, 0.5) is 15.9 Å². The normalized spacial score (nSPS) is 10.1. The number of rotatable bonds is 3. The van der Waals surface area contributed by atoms with Crippen LogP contribution in [-0.2, 0) is 0 Å². The molecule has 2 rings (SSSR count). The van der Waals surface area contributed by atoms with E-state index in [0.29, 0.717) is 17.1 Å². The van der Waals surface area contributed by atoms with Crippen LogP contribution in [0, 0.1) is 12.7 Å². The summed E-state index contributed by atoms with van der Waals surface area (Å²) in [4.78, 5) is 4.51. The molecule has 1 aromatic heterocycles. The van der Waals surface area contributed by atoms with Crippen molar-refractivity contribution < 1.29 is 4.39 Å². The molecule has 2 aromatic rings. The van der Waals surface area contributed by atoms with Crippen LogP contribution in [0.15, 0.2) is 36.4 Å². The van der Waals surface area contributed by atoms with Crippen LogP contribution in [0.5, 0.6) is 0 Å². The van der Waals surface area contributed by atoms with E-state index in [-0.39, 0.29) is 10.8 Å². The third-order valence-electron chi connectivity index (χ3n) is 2.43. The van der Waals surface area contributed by atoms with Gasteiger partial charge in [0.2, 0.25) is 0 Å². The van der Waals surface area contributed by atoms with Gasteiger partial charge >= 0.3 is 0 Å². The van der Waals surface area contributed by atoms with Crippen molar-refractivity contribution in [3.8, 4) is 0 Å². The van der Waals surface area contributed by atoms with Gasteiger partial charge in [-0.05, 0) is 31.2 Å². The number of nitrogens with zero attached hydrogens (tertiary/aromatic N) is 1. The monoisotopic (exact) mass is 261 g/mol. The number of hydrogen-bond acceptors (Lipinski definition) is 3. The molecule has 0 aliphatic carbocycles. The molecule has 3 nitrogen and oxygen atoms in total. The highest BCUT2D eigenvalue weighted by atomic mass is 32.1. The van der Waals surface area contributed by atoms with Gasteiger partial charge in [-0.15, -0.1) is 0 Å². The topological polar surface area (TPSA) is 50.9 Å². The van der Waals surface area contributed by atoms with Gasteiger partial charge in [0.25, 0.3) is 0 Å². The van der Waals surface area contributed by atoms with Crippen LogP contribution < -0.4 is 11.1 Å². The number of para-hydroxylation sites is 1. The number of pyridine rings is 1. The number of hydrogen-bond donors (Lipinski definition) is 2. The fourth-order valence-corrected chi connectivity index (χ4v) is 1.71. The molecule has 0 aliphatic heterocycles. The second-order valence-electron chi connectivity index (χ2n) is 3.82. The maximum absolute atomic E-state index is 13.6. The van der Waals surface area contributed by atoms with Crippen LogP contribution in [0.25, 0.3) is 0 Å². The minimum atomic E-state index is -0.352. The maximum Gasteiger partial charge on any atom is 0.146 e. The molecule has 5 heteroatoms. The lowest BCUT2D eigenvalue weighted by Gasteiger charge is -2.11. The average molecular weight is 261 g/mol. The van der Waals surface area contributed by atoms with E-state index < -0.39 is 0 Å². The third-order valence-corrected chi connectivity index (χ3v) is 2.65. The predicted molar refractivity (Wildman–Crippen MR) is 74.5 cm³/mol. The lowest BCUT2D eigenvalue weighted by molar-refractivity contribution is 0.632. The summed E-state index contributed by atoms with van der Waals surface area (Å²) in [6, 6.07) is 9.94. The maximum atomic E-state index is 13.6. The molecule has 0 saturated heterocycles. The summed E-state index contributed by atoms with van der Waals surface area (Å²) in [7, 11) is 0. The molecule has 0 fully saturated rings. The first-order chi connectivity index (χ1) is 8.58. The van der Waals surface area contributed by atoms with Gasteiger partial charge in [0.05, 0.1) is 11.3 Å². The van der Waals surface area contributed by atoms with E-state index in [0.717, 1.165) is 5.69 Å². The molecule has 0 saturated carbocycles. The molecular weight excluding hydrogens is 249 g/mol. The average Bonchev–Trinajstić information content (AvgIpc) is 2.32. The Morgan fingerprint density at radius 1 is 1.28 bits per heavy atom. The van der Waals surface area contributed by atoms with E-state index in [1.54, 1.807) is 30.3 Å². The molecule has 18 heavy (non-hydrogen) atoms. The molecule has 0 spiro atoms. The van der Waals surface area contributed by atoms with Crippen molar-refractivity contribution in [2.75, 3.05) is 5.32 Å². The summed E-state index contributed by atoms with van der Waals surface area (Å²) in [6.45, 7) is 1.84. The second-order valence-corrected chi connectivity index (χ2v) is 4.26. The van der Waals surface area contributed by atoms with E-state index in [1.807, 2.05) is 6.92 Å². The standard InChI is InChI=1S/C13H12FN3S/c1-8-6-7-9(12(15)18)13(16-8)17-11-5-3-2-4-10(11)14/h2-7H,1H3,(H2,15,18)(H,16,17). The Balaban J connectivity index is 2.42. The van der Waals surface area contributed by atoms with Crippen LogP contribution in [0.2, 0.25) is 0 Å². The quantitative estimate of drug-likeness (QED) is 0.834. The van der Waals surface area contributed by atoms with E-state index in [2.05, 4.69) is 10.3 Å². The van der Waals surface area contributed by atoms with Crippen molar-refractivity contribution >= 4 is 28.7 Å². The van der Waals surface area contributed by atoms with Gasteiger partial charge in [-0.1, -0.05) is 24.4 Å². The molecule has 0 unspecified atom stereocenters. The number of benzene rings is 1. The van der Waals surface area contributed by atoms with Crippen LogP contribution >= 0.6 is 12.2 Å². The Morgan fingerprint density at radius 3 is 2.67 bits per heavy atom. The molecule has 1 heterocycles. The smallest absolute Gasteiger partial charge is 0.146 e. The Labute approximate surface area is 110 Å². The fourth-order valence-electron chi connectivity index (χ4n) is 1.54. The number of anilines is 2. The third kappa shape index (κ3) is 2.62. The van der Waals surface area contributed by atoms with Crippen molar-refractivity contribution in [1.29, 1.82) is 0 Å². The second kappa shape index (κ2) is 5.10. The summed E-state index contributed by atoms with van der Waals surface area (Å²) in [5, 5.41) is 2.91. The predicted octanol–water partition coefficient (Wildman–Crippen LogP) is 2.91. The zero-order chi connectivity index (χ0) is 13.1. The van der Waals surface area contributed by atoms with Gasteiger partial charge in [0, 0.05) is 5.69 Å². The first-order valence-electron chi connectivity index (χ1n) is 5.37. The Hall–Kier alpha value is -2.01. The SMILES string of the molecule is Cc1ccc(C(N)=S)c(Nc2ccccc2F)n1. The number of aryl methyl sites for hydroxylation is 1. The van der Waals surface area contributed by atoms with Gasteiger partial charge < -0.3 is 11.1 Å². The molecule has 0 amide bonds. The number of halogens is 1. The van der Waals surface area contributed by atoms with Crippen molar-refractivity contribution in [2.24, 2.45) is 5.73 Å². The first-order valence-corrected chi connectivity index (χ1v) is 5.78. The minimum absolute atomic E-state index is 0.223. The minimum Gasteiger partial charge on any atom is -0.389 e. The van der Waals surface area contributed by atoms with Crippen LogP contribution in [0.1, 0.15) is 11.3 Å². The van der Waals surface area contributed by atoms with Gasteiger partial charge in [0.1, 0.15) is 16.6 Å². The van der Waals surface area contributed by atoms with Gasteiger partial charge in [-0.25, -0.2) is 9.37 Å². The van der Waals surface area contributed by atoms with Gasteiger partial charge in [0.15, 0.2) is 0 Å². The highest BCUT2D eigenvalue weighted by Gasteiger charge is 2.09. The van der Waals surface area contributed by atoms with E-state index in [1.165, 1.54) is 6.07 Å².